The Hall–Kier alpha value is -3.48. The molecule has 1 aromatic carbocycles. The number of anilines is 1. The van der Waals surface area contributed by atoms with Gasteiger partial charge in [-0.25, -0.2) is 28.4 Å². The molecule has 1 aliphatic rings. The Morgan fingerprint density at radius 3 is 2.69 bits per heavy atom. The number of hydrogen-bond acceptors (Lipinski definition) is 6. The Labute approximate surface area is 185 Å². The number of aromatic nitrogens is 2. The lowest BCUT2D eigenvalue weighted by atomic mass is 10.0. The van der Waals surface area contributed by atoms with Crippen LogP contribution < -0.4 is 10.5 Å². The lowest BCUT2D eigenvalue weighted by Crippen LogP contribution is -2.56. The lowest BCUT2D eigenvalue weighted by Gasteiger charge is -2.38. The van der Waals surface area contributed by atoms with E-state index in [1.54, 1.807) is 33.8 Å². The van der Waals surface area contributed by atoms with Gasteiger partial charge >= 0.3 is 12.0 Å². The zero-order chi connectivity index (χ0) is 23.7. The summed E-state index contributed by atoms with van der Waals surface area (Å²) in [6.07, 6.45) is -0.881. The summed E-state index contributed by atoms with van der Waals surface area (Å²) >= 11 is 0. The summed E-state index contributed by atoms with van der Waals surface area (Å²) in [6.45, 7) is 13.5. The van der Waals surface area contributed by atoms with Gasteiger partial charge in [-0.15, -0.1) is 0 Å². The third-order valence-electron chi connectivity index (χ3n) is 4.83. The molecular weight excluding hydrogens is 420 g/mol. The van der Waals surface area contributed by atoms with Gasteiger partial charge in [0, 0.05) is 19.2 Å². The molecular formula is C22H25F2N5O3. The largest absolute Gasteiger partial charge is 0.495 e. The van der Waals surface area contributed by atoms with Crippen molar-refractivity contribution in [3.63, 3.8) is 0 Å². The minimum absolute atomic E-state index is 0.0543. The van der Waals surface area contributed by atoms with Gasteiger partial charge in [-0.1, -0.05) is 0 Å². The van der Waals surface area contributed by atoms with Crippen LogP contribution in [0.2, 0.25) is 0 Å². The van der Waals surface area contributed by atoms with Crippen molar-refractivity contribution >= 4 is 17.7 Å². The van der Waals surface area contributed by atoms with E-state index in [0.717, 1.165) is 4.90 Å². The molecule has 2 aromatic rings. The monoisotopic (exact) mass is 445 g/mol. The van der Waals surface area contributed by atoms with Crippen LogP contribution in [0.4, 0.5) is 25.2 Å². The van der Waals surface area contributed by atoms with Gasteiger partial charge in [0.25, 0.3) is 0 Å². The van der Waals surface area contributed by atoms with E-state index in [0.29, 0.717) is 16.8 Å². The fourth-order valence-electron chi connectivity index (χ4n) is 3.35. The first kappa shape index (κ1) is 23.2. The topological polar surface area (TPSA) is 94.9 Å². The van der Waals surface area contributed by atoms with Crippen molar-refractivity contribution in [3.05, 3.63) is 41.4 Å². The first-order valence-corrected chi connectivity index (χ1v) is 10.0. The zero-order valence-corrected chi connectivity index (χ0v) is 18.4. The third kappa shape index (κ3) is 5.22. The number of aryl methyl sites for hydroxylation is 1. The second kappa shape index (κ2) is 8.57. The summed E-state index contributed by atoms with van der Waals surface area (Å²) in [5, 5.41) is 0. The van der Waals surface area contributed by atoms with E-state index >= 15 is 0 Å². The van der Waals surface area contributed by atoms with Gasteiger partial charge in [0.05, 0.1) is 18.8 Å². The number of halogens is 2. The Morgan fingerprint density at radius 2 is 2.09 bits per heavy atom. The molecule has 32 heavy (non-hydrogen) atoms. The highest BCUT2D eigenvalue weighted by Gasteiger charge is 2.48. The van der Waals surface area contributed by atoms with Crippen molar-refractivity contribution in [1.82, 2.24) is 14.9 Å². The fraction of sp³-hybridized carbons (Fsp3) is 0.455. The number of benzene rings is 1. The van der Waals surface area contributed by atoms with Crippen LogP contribution in [-0.2, 0) is 4.74 Å². The minimum Gasteiger partial charge on any atom is -0.495 e. The maximum atomic E-state index is 14.8. The second-order valence-electron chi connectivity index (χ2n) is 8.60. The number of ether oxygens (including phenoxy) is 2. The molecule has 0 aliphatic carbocycles. The predicted octanol–water partition coefficient (Wildman–Crippen LogP) is 4.61. The molecule has 1 atom stereocenters. The number of hydrogen-bond donors (Lipinski definition) is 1. The first-order chi connectivity index (χ1) is 14.9. The van der Waals surface area contributed by atoms with E-state index in [9.17, 15) is 13.6 Å². The molecule has 8 nitrogen and oxygen atoms in total. The van der Waals surface area contributed by atoms with Crippen molar-refractivity contribution in [2.45, 2.75) is 51.7 Å². The molecule has 0 spiro atoms. The minimum atomic E-state index is -3.32. The van der Waals surface area contributed by atoms with E-state index in [4.69, 9.17) is 21.8 Å². The van der Waals surface area contributed by atoms with Crippen LogP contribution >= 0.6 is 0 Å². The Bertz CT molecular complexity index is 1060. The number of nitrogen functional groups attached to an aromatic ring is 1. The SMILES string of the molecule is [C-]#[N+]c1cc(-c2ccnc(N)n2)c(C)cc1OC1CCN(C(=O)OC(C)(C)C)CC1(F)F. The van der Waals surface area contributed by atoms with Gasteiger partial charge in [-0.3, -0.25) is 0 Å². The van der Waals surface area contributed by atoms with E-state index in [-0.39, 0.29) is 30.4 Å². The Morgan fingerprint density at radius 1 is 1.38 bits per heavy atom. The van der Waals surface area contributed by atoms with Gasteiger partial charge in [0.1, 0.15) is 11.4 Å². The quantitative estimate of drug-likeness (QED) is 0.694. The number of carbonyl (C=O) groups is 1. The number of alkyl halides is 2. The average molecular weight is 445 g/mol. The number of carbonyl (C=O) groups excluding carboxylic acids is 1. The molecule has 0 bridgehead atoms. The molecule has 1 amide bonds. The number of likely N-dealkylation sites (tertiary alicyclic amines) is 1. The van der Waals surface area contributed by atoms with E-state index in [1.165, 1.54) is 18.3 Å². The Kier molecular flexibility index (Phi) is 6.21. The number of nitrogens with two attached hydrogens (primary N) is 1. The van der Waals surface area contributed by atoms with Gasteiger partial charge in [0.2, 0.25) is 11.6 Å². The smallest absolute Gasteiger partial charge is 0.410 e. The molecule has 3 rings (SSSR count). The summed E-state index contributed by atoms with van der Waals surface area (Å²) in [5.74, 6) is -3.18. The van der Waals surface area contributed by atoms with E-state index in [2.05, 4.69) is 14.8 Å². The molecule has 1 unspecified atom stereocenters. The molecule has 2 N–H and O–H groups in total. The zero-order valence-electron chi connectivity index (χ0n) is 18.4. The van der Waals surface area contributed by atoms with Crippen LogP contribution in [0.25, 0.3) is 16.1 Å². The number of amides is 1. The summed E-state index contributed by atoms with van der Waals surface area (Å²) in [6, 6.07) is 4.72. The van der Waals surface area contributed by atoms with Gasteiger partial charge in [0.15, 0.2) is 6.10 Å². The standard InChI is InChI=1S/C22H25F2N5O3/c1-13-10-17(16(26-5)11-14(13)15-6-8-27-19(25)28-15)31-18-7-9-29(12-22(18,23)24)20(30)32-21(2,3)4/h6,8,10-11,18H,7,9,12H2,1-4H3,(H2,25,27,28). The maximum Gasteiger partial charge on any atom is 0.410 e. The van der Waals surface area contributed by atoms with Crippen molar-refractivity contribution in [2.75, 3.05) is 18.8 Å². The number of piperidine rings is 1. The lowest BCUT2D eigenvalue weighted by molar-refractivity contribution is -0.137. The second-order valence-corrected chi connectivity index (χ2v) is 8.60. The normalized spacial score (nSPS) is 18.0. The Balaban J connectivity index is 1.81. The summed E-state index contributed by atoms with van der Waals surface area (Å²) < 4.78 is 40.5. The number of rotatable bonds is 3. The molecule has 1 aliphatic heterocycles. The van der Waals surface area contributed by atoms with Crippen molar-refractivity contribution in [2.24, 2.45) is 0 Å². The van der Waals surface area contributed by atoms with Crippen LogP contribution in [0.15, 0.2) is 24.4 Å². The summed E-state index contributed by atoms with van der Waals surface area (Å²) in [5.41, 5.74) is 6.76. The third-order valence-corrected chi connectivity index (χ3v) is 4.83. The van der Waals surface area contributed by atoms with Crippen LogP contribution in [0.3, 0.4) is 0 Å². The fourth-order valence-corrected chi connectivity index (χ4v) is 3.35. The highest BCUT2D eigenvalue weighted by molar-refractivity contribution is 5.74. The first-order valence-electron chi connectivity index (χ1n) is 10.0. The molecule has 1 saturated heterocycles. The van der Waals surface area contributed by atoms with Crippen molar-refractivity contribution < 1.29 is 23.0 Å². The predicted molar refractivity (Wildman–Crippen MR) is 115 cm³/mol. The summed E-state index contributed by atoms with van der Waals surface area (Å²) in [4.78, 5) is 24.6. The van der Waals surface area contributed by atoms with Crippen LogP contribution in [0, 0.1) is 13.5 Å². The van der Waals surface area contributed by atoms with Crippen LogP contribution in [0.1, 0.15) is 32.8 Å². The maximum absolute atomic E-state index is 14.8. The molecule has 1 aromatic heterocycles. The van der Waals surface area contributed by atoms with Crippen LogP contribution in [-0.4, -0.2) is 51.7 Å². The highest BCUT2D eigenvalue weighted by atomic mass is 19.3. The van der Waals surface area contributed by atoms with E-state index in [1.807, 2.05) is 0 Å². The van der Waals surface area contributed by atoms with Crippen LogP contribution in [0.5, 0.6) is 5.75 Å². The van der Waals surface area contributed by atoms with Gasteiger partial charge < -0.3 is 20.1 Å². The molecule has 1 fully saturated rings. The molecule has 10 heteroatoms. The van der Waals surface area contributed by atoms with E-state index < -0.39 is 30.3 Å². The molecule has 0 saturated carbocycles. The molecule has 170 valence electrons. The van der Waals surface area contributed by atoms with Crippen molar-refractivity contribution in [3.8, 4) is 17.0 Å². The van der Waals surface area contributed by atoms with Gasteiger partial charge in [-0.05, 0) is 57.0 Å². The van der Waals surface area contributed by atoms with Crippen molar-refractivity contribution in [1.29, 1.82) is 0 Å². The molecule has 0 radical (unpaired) electrons. The average Bonchev–Trinajstić information content (AvgIpc) is 2.68. The summed E-state index contributed by atoms with van der Waals surface area (Å²) in [7, 11) is 0. The van der Waals surface area contributed by atoms with Gasteiger partial charge in [-0.2, -0.15) is 0 Å². The highest BCUT2D eigenvalue weighted by Crippen LogP contribution is 2.39. The number of nitrogens with zero attached hydrogens (tertiary/aromatic N) is 4. The molecule has 2 heterocycles.